The summed E-state index contributed by atoms with van der Waals surface area (Å²) >= 11 is 5.05. The standard InChI is InChI=1S/C23H20F3N3O2S/c1-30-20-12-11-17(13-21(20)31-15-16-7-3-2-4-8-16)14-27-29-22(32)28-19-10-6-5-9-18(19)23(24,25)26/h2-14H,15H2,1H3,(H2,28,29,32)/b27-14+. The Labute approximate surface area is 188 Å². The predicted molar refractivity (Wildman–Crippen MR) is 122 cm³/mol. The first-order valence-corrected chi connectivity index (χ1v) is 9.88. The van der Waals surface area contributed by atoms with Gasteiger partial charge in [0.25, 0.3) is 0 Å². The van der Waals surface area contributed by atoms with Crippen molar-refractivity contribution in [3.63, 3.8) is 0 Å². The molecule has 0 fully saturated rings. The summed E-state index contributed by atoms with van der Waals surface area (Å²) in [5.41, 5.74) is 3.23. The molecule has 0 aromatic heterocycles. The number of methoxy groups -OCH3 is 1. The molecule has 3 aromatic carbocycles. The fourth-order valence-electron chi connectivity index (χ4n) is 2.78. The van der Waals surface area contributed by atoms with Crippen LogP contribution < -0.4 is 20.2 Å². The first-order valence-electron chi connectivity index (χ1n) is 9.48. The van der Waals surface area contributed by atoms with Crippen LogP contribution >= 0.6 is 12.2 Å². The van der Waals surface area contributed by atoms with Crippen molar-refractivity contribution in [3.8, 4) is 11.5 Å². The van der Waals surface area contributed by atoms with Gasteiger partial charge in [-0.05, 0) is 53.7 Å². The molecular formula is C23H20F3N3O2S. The Bertz CT molecular complexity index is 1090. The van der Waals surface area contributed by atoms with Crippen molar-refractivity contribution in [1.82, 2.24) is 5.43 Å². The third-order valence-corrected chi connectivity index (χ3v) is 4.48. The highest BCUT2D eigenvalue weighted by Gasteiger charge is 2.33. The summed E-state index contributed by atoms with van der Waals surface area (Å²) in [5.74, 6) is 1.09. The van der Waals surface area contributed by atoms with Gasteiger partial charge in [-0.2, -0.15) is 18.3 Å². The number of rotatable bonds is 7. The Hall–Kier alpha value is -3.59. The van der Waals surface area contributed by atoms with Crippen LogP contribution in [0.3, 0.4) is 0 Å². The topological polar surface area (TPSA) is 54.9 Å². The Kier molecular flexibility index (Phi) is 7.67. The van der Waals surface area contributed by atoms with Crippen LogP contribution in [0.2, 0.25) is 0 Å². The molecular weight excluding hydrogens is 439 g/mol. The van der Waals surface area contributed by atoms with Gasteiger partial charge in [0.05, 0.1) is 24.6 Å². The van der Waals surface area contributed by atoms with Crippen LogP contribution in [-0.4, -0.2) is 18.4 Å². The van der Waals surface area contributed by atoms with Crippen LogP contribution in [0.15, 0.2) is 77.9 Å². The minimum absolute atomic E-state index is 0.0768. The van der Waals surface area contributed by atoms with Gasteiger partial charge in [0, 0.05) is 0 Å². The quantitative estimate of drug-likeness (QED) is 0.273. The first kappa shape index (κ1) is 23.1. The van der Waals surface area contributed by atoms with E-state index in [1.807, 2.05) is 30.3 Å². The molecule has 3 rings (SSSR count). The van der Waals surface area contributed by atoms with Gasteiger partial charge < -0.3 is 14.8 Å². The van der Waals surface area contributed by atoms with Crippen molar-refractivity contribution in [2.75, 3.05) is 12.4 Å². The molecule has 0 saturated carbocycles. The smallest absolute Gasteiger partial charge is 0.418 e. The maximum absolute atomic E-state index is 13.1. The molecule has 5 nitrogen and oxygen atoms in total. The Morgan fingerprint density at radius 2 is 1.72 bits per heavy atom. The SMILES string of the molecule is COc1ccc(/C=N/NC(=S)Nc2ccccc2C(F)(F)F)cc1OCc1ccccc1. The number of alkyl halides is 3. The number of hydrogen-bond donors (Lipinski definition) is 2. The number of nitrogens with zero attached hydrogens (tertiary/aromatic N) is 1. The third kappa shape index (κ3) is 6.45. The molecule has 0 heterocycles. The van der Waals surface area contributed by atoms with Gasteiger partial charge in [0.2, 0.25) is 0 Å². The molecule has 0 radical (unpaired) electrons. The van der Waals surface area contributed by atoms with E-state index in [1.54, 1.807) is 25.3 Å². The van der Waals surface area contributed by atoms with Gasteiger partial charge in [-0.1, -0.05) is 42.5 Å². The normalized spacial score (nSPS) is 11.2. The molecule has 0 atom stereocenters. The Morgan fingerprint density at radius 3 is 2.44 bits per heavy atom. The molecule has 0 bridgehead atoms. The lowest BCUT2D eigenvalue weighted by atomic mass is 10.2. The van der Waals surface area contributed by atoms with E-state index in [0.29, 0.717) is 23.7 Å². The largest absolute Gasteiger partial charge is 0.493 e. The molecule has 3 aromatic rings. The molecule has 0 spiro atoms. The maximum Gasteiger partial charge on any atom is 0.418 e. The molecule has 2 N–H and O–H groups in total. The van der Waals surface area contributed by atoms with Crippen molar-refractivity contribution in [1.29, 1.82) is 0 Å². The van der Waals surface area contributed by atoms with Crippen molar-refractivity contribution < 1.29 is 22.6 Å². The van der Waals surface area contributed by atoms with E-state index in [0.717, 1.165) is 11.6 Å². The molecule has 0 amide bonds. The van der Waals surface area contributed by atoms with E-state index in [1.165, 1.54) is 24.4 Å². The van der Waals surface area contributed by atoms with Crippen molar-refractivity contribution in [2.45, 2.75) is 12.8 Å². The average molecular weight is 459 g/mol. The van der Waals surface area contributed by atoms with E-state index in [2.05, 4.69) is 15.8 Å². The van der Waals surface area contributed by atoms with Crippen LogP contribution in [0, 0.1) is 0 Å². The second kappa shape index (κ2) is 10.6. The first-order chi connectivity index (χ1) is 15.4. The minimum atomic E-state index is -4.50. The number of halogens is 3. The molecule has 0 aliphatic carbocycles. The summed E-state index contributed by atoms with van der Waals surface area (Å²) in [6.07, 6.45) is -3.03. The highest BCUT2D eigenvalue weighted by atomic mass is 32.1. The van der Waals surface area contributed by atoms with Gasteiger partial charge >= 0.3 is 6.18 Å². The average Bonchev–Trinajstić information content (AvgIpc) is 2.78. The summed E-state index contributed by atoms with van der Waals surface area (Å²) in [6, 6.07) is 20.0. The van der Waals surface area contributed by atoms with Gasteiger partial charge in [0.1, 0.15) is 6.61 Å². The molecule has 166 valence electrons. The number of benzene rings is 3. The van der Waals surface area contributed by atoms with Crippen molar-refractivity contribution >= 4 is 29.2 Å². The lowest BCUT2D eigenvalue weighted by molar-refractivity contribution is -0.136. The van der Waals surface area contributed by atoms with E-state index in [4.69, 9.17) is 21.7 Å². The third-order valence-electron chi connectivity index (χ3n) is 4.29. The maximum atomic E-state index is 13.1. The highest BCUT2D eigenvalue weighted by Crippen LogP contribution is 2.34. The van der Waals surface area contributed by atoms with Crippen LogP contribution in [0.5, 0.6) is 11.5 Å². The van der Waals surface area contributed by atoms with Crippen LogP contribution in [-0.2, 0) is 12.8 Å². The van der Waals surface area contributed by atoms with Crippen LogP contribution in [0.4, 0.5) is 18.9 Å². The van der Waals surface area contributed by atoms with Crippen molar-refractivity contribution in [3.05, 3.63) is 89.5 Å². The Balaban J connectivity index is 1.63. The molecule has 0 unspecified atom stereocenters. The van der Waals surface area contributed by atoms with Gasteiger partial charge in [0.15, 0.2) is 16.6 Å². The van der Waals surface area contributed by atoms with Gasteiger partial charge in [-0.25, -0.2) is 0 Å². The number of thiocarbonyl (C=S) groups is 1. The zero-order valence-electron chi connectivity index (χ0n) is 17.0. The summed E-state index contributed by atoms with van der Waals surface area (Å²) in [6.45, 7) is 0.364. The number of ether oxygens (including phenoxy) is 2. The van der Waals surface area contributed by atoms with E-state index >= 15 is 0 Å². The summed E-state index contributed by atoms with van der Waals surface area (Å²) in [7, 11) is 1.54. The lowest BCUT2D eigenvalue weighted by Gasteiger charge is -2.14. The van der Waals surface area contributed by atoms with Gasteiger partial charge in [-0.3, -0.25) is 5.43 Å². The zero-order valence-corrected chi connectivity index (χ0v) is 17.8. The number of anilines is 1. The monoisotopic (exact) mass is 459 g/mol. The molecule has 0 aliphatic rings. The zero-order chi connectivity index (χ0) is 23.0. The highest BCUT2D eigenvalue weighted by molar-refractivity contribution is 7.80. The molecule has 0 aliphatic heterocycles. The fraction of sp³-hybridized carbons (Fsp3) is 0.130. The van der Waals surface area contributed by atoms with E-state index in [9.17, 15) is 13.2 Å². The predicted octanol–water partition coefficient (Wildman–Crippen LogP) is 5.61. The summed E-state index contributed by atoms with van der Waals surface area (Å²) < 4.78 is 50.4. The second-order valence-electron chi connectivity index (χ2n) is 6.55. The molecule has 9 heteroatoms. The van der Waals surface area contributed by atoms with Crippen molar-refractivity contribution in [2.24, 2.45) is 5.10 Å². The van der Waals surface area contributed by atoms with E-state index < -0.39 is 11.7 Å². The number of nitrogens with one attached hydrogen (secondary N) is 2. The Morgan fingerprint density at radius 1 is 1.00 bits per heavy atom. The lowest BCUT2D eigenvalue weighted by Crippen LogP contribution is -2.25. The molecule has 32 heavy (non-hydrogen) atoms. The number of hydrazone groups is 1. The summed E-state index contributed by atoms with van der Waals surface area (Å²) in [4.78, 5) is 0. The van der Waals surface area contributed by atoms with Crippen LogP contribution in [0.25, 0.3) is 0 Å². The minimum Gasteiger partial charge on any atom is -0.493 e. The number of para-hydroxylation sites is 1. The second-order valence-corrected chi connectivity index (χ2v) is 6.96. The van der Waals surface area contributed by atoms with Crippen LogP contribution in [0.1, 0.15) is 16.7 Å². The number of hydrogen-bond acceptors (Lipinski definition) is 4. The fourth-order valence-corrected chi connectivity index (χ4v) is 2.94. The van der Waals surface area contributed by atoms with Gasteiger partial charge in [-0.15, -0.1) is 0 Å². The summed E-state index contributed by atoms with van der Waals surface area (Å²) in [5, 5.41) is 6.42. The molecule has 0 saturated heterocycles. The van der Waals surface area contributed by atoms with E-state index in [-0.39, 0.29) is 10.8 Å².